The zero-order chi connectivity index (χ0) is 15.1. The molecular formula is C18H34Br2. The molecule has 0 aliphatic carbocycles. The molecular weight excluding hydrogens is 376 g/mol. The van der Waals surface area contributed by atoms with E-state index in [1.54, 1.807) is 0 Å². The SMILES string of the molecule is CCCCCC=CCC(Br)C(Br)CCCCCCCC. The van der Waals surface area contributed by atoms with Crippen molar-refractivity contribution in [1.29, 1.82) is 0 Å². The Morgan fingerprint density at radius 3 is 2.00 bits per heavy atom. The van der Waals surface area contributed by atoms with Crippen LogP contribution in [0.25, 0.3) is 0 Å². The Kier molecular flexibility index (Phi) is 16.6. The number of hydrogen-bond donors (Lipinski definition) is 0. The molecule has 0 rings (SSSR count). The van der Waals surface area contributed by atoms with Crippen LogP contribution in [0.2, 0.25) is 0 Å². The van der Waals surface area contributed by atoms with Crippen molar-refractivity contribution in [2.24, 2.45) is 0 Å². The van der Waals surface area contributed by atoms with Crippen molar-refractivity contribution in [2.75, 3.05) is 0 Å². The van der Waals surface area contributed by atoms with Gasteiger partial charge in [0.2, 0.25) is 0 Å². The summed E-state index contributed by atoms with van der Waals surface area (Å²) in [5.41, 5.74) is 0. The molecule has 0 spiro atoms. The Balaban J connectivity index is 3.48. The highest BCUT2D eigenvalue weighted by Crippen LogP contribution is 2.24. The first kappa shape index (κ1) is 20.7. The van der Waals surface area contributed by atoms with Gasteiger partial charge in [0.25, 0.3) is 0 Å². The third kappa shape index (κ3) is 13.7. The Morgan fingerprint density at radius 2 is 1.30 bits per heavy atom. The summed E-state index contributed by atoms with van der Waals surface area (Å²) in [5, 5.41) is 0. The van der Waals surface area contributed by atoms with Crippen LogP contribution >= 0.6 is 31.9 Å². The molecule has 2 atom stereocenters. The number of unbranched alkanes of at least 4 members (excludes halogenated alkanes) is 8. The minimum atomic E-state index is 0.584. The van der Waals surface area contributed by atoms with E-state index in [4.69, 9.17) is 0 Å². The lowest BCUT2D eigenvalue weighted by Crippen LogP contribution is -2.12. The molecule has 0 aliphatic heterocycles. The van der Waals surface area contributed by atoms with Crippen LogP contribution in [0.15, 0.2) is 12.2 Å². The molecule has 0 aromatic rings. The molecule has 0 aliphatic rings. The van der Waals surface area contributed by atoms with Crippen molar-refractivity contribution >= 4 is 31.9 Å². The first-order valence-electron chi connectivity index (χ1n) is 8.65. The second-order valence-corrected chi connectivity index (χ2v) is 8.14. The van der Waals surface area contributed by atoms with Gasteiger partial charge >= 0.3 is 0 Å². The molecule has 0 N–H and O–H groups in total. The Bertz CT molecular complexity index is 213. The predicted molar refractivity (Wildman–Crippen MR) is 101 cm³/mol. The number of allylic oxidation sites excluding steroid dienone is 2. The van der Waals surface area contributed by atoms with Gasteiger partial charge in [-0.15, -0.1) is 0 Å². The lowest BCUT2D eigenvalue weighted by molar-refractivity contribution is 0.579. The van der Waals surface area contributed by atoms with Crippen LogP contribution in [0.3, 0.4) is 0 Å². The number of rotatable bonds is 14. The molecule has 0 saturated carbocycles. The number of alkyl halides is 2. The van der Waals surface area contributed by atoms with Crippen LogP contribution in [0, 0.1) is 0 Å². The Morgan fingerprint density at radius 1 is 0.700 bits per heavy atom. The van der Waals surface area contributed by atoms with Gasteiger partial charge in [-0.2, -0.15) is 0 Å². The smallest absolute Gasteiger partial charge is 0.0305 e. The topological polar surface area (TPSA) is 0 Å². The first-order chi connectivity index (χ1) is 9.72. The summed E-state index contributed by atoms with van der Waals surface area (Å²) >= 11 is 7.66. The van der Waals surface area contributed by atoms with Crippen molar-refractivity contribution in [2.45, 2.75) is 101 Å². The van der Waals surface area contributed by atoms with Crippen molar-refractivity contribution in [3.05, 3.63) is 12.2 Å². The molecule has 0 bridgehead atoms. The van der Waals surface area contributed by atoms with Gasteiger partial charge in [0.1, 0.15) is 0 Å². The molecule has 0 aromatic heterocycles. The monoisotopic (exact) mass is 408 g/mol. The standard InChI is InChI=1S/C18H34Br2/c1-3-5-7-9-11-13-15-17(19)18(20)16-14-12-10-8-6-4-2/h11,13,17-18H,3-10,12,14-16H2,1-2H3. The van der Waals surface area contributed by atoms with Gasteiger partial charge in [-0.25, -0.2) is 0 Å². The summed E-state index contributed by atoms with van der Waals surface area (Å²) in [5.74, 6) is 0. The summed E-state index contributed by atoms with van der Waals surface area (Å²) in [4.78, 5) is 1.20. The van der Waals surface area contributed by atoms with Crippen LogP contribution in [-0.2, 0) is 0 Å². The van der Waals surface area contributed by atoms with E-state index < -0.39 is 0 Å². The van der Waals surface area contributed by atoms with Crippen molar-refractivity contribution in [3.8, 4) is 0 Å². The van der Waals surface area contributed by atoms with Gasteiger partial charge in [-0.1, -0.05) is 109 Å². The van der Waals surface area contributed by atoms with E-state index in [1.165, 1.54) is 70.6 Å². The Hall–Kier alpha value is 0.700. The van der Waals surface area contributed by atoms with Crippen molar-refractivity contribution < 1.29 is 0 Å². The maximum atomic E-state index is 3.84. The van der Waals surface area contributed by atoms with E-state index in [0.717, 1.165) is 6.42 Å². The molecule has 0 aromatic carbocycles. The summed E-state index contributed by atoms with van der Waals surface area (Å²) in [6.45, 7) is 4.54. The fraction of sp³-hybridized carbons (Fsp3) is 0.889. The van der Waals surface area contributed by atoms with Gasteiger partial charge < -0.3 is 0 Å². The van der Waals surface area contributed by atoms with Crippen LogP contribution in [0.5, 0.6) is 0 Å². The minimum absolute atomic E-state index is 0.584. The summed E-state index contributed by atoms with van der Waals surface area (Å²) < 4.78 is 0. The zero-order valence-electron chi connectivity index (χ0n) is 13.6. The normalized spacial score (nSPS) is 14.8. The molecule has 0 fully saturated rings. The van der Waals surface area contributed by atoms with Gasteiger partial charge in [0.05, 0.1) is 0 Å². The van der Waals surface area contributed by atoms with Crippen molar-refractivity contribution in [3.63, 3.8) is 0 Å². The van der Waals surface area contributed by atoms with E-state index >= 15 is 0 Å². The molecule has 0 amide bonds. The van der Waals surface area contributed by atoms with Crippen LogP contribution in [0.4, 0.5) is 0 Å². The minimum Gasteiger partial charge on any atom is -0.0885 e. The average Bonchev–Trinajstić information content (AvgIpc) is 2.45. The van der Waals surface area contributed by atoms with E-state index in [1.807, 2.05) is 0 Å². The second kappa shape index (κ2) is 16.1. The Labute approximate surface area is 144 Å². The molecule has 20 heavy (non-hydrogen) atoms. The van der Waals surface area contributed by atoms with Crippen LogP contribution in [-0.4, -0.2) is 9.65 Å². The third-order valence-corrected chi connectivity index (χ3v) is 6.55. The highest BCUT2D eigenvalue weighted by molar-refractivity contribution is 9.12. The predicted octanol–water partition coefficient (Wildman–Crippen LogP) is 7.79. The second-order valence-electron chi connectivity index (χ2n) is 5.79. The highest BCUT2D eigenvalue weighted by Gasteiger charge is 2.13. The summed E-state index contributed by atoms with van der Waals surface area (Å²) in [6.07, 6.45) is 20.8. The highest BCUT2D eigenvalue weighted by atomic mass is 79.9. The first-order valence-corrected chi connectivity index (χ1v) is 10.5. The fourth-order valence-corrected chi connectivity index (χ4v) is 3.32. The lowest BCUT2D eigenvalue weighted by Gasteiger charge is -2.15. The molecule has 120 valence electrons. The molecule has 2 heteroatoms. The van der Waals surface area contributed by atoms with E-state index in [9.17, 15) is 0 Å². The molecule has 0 nitrogen and oxygen atoms in total. The molecule has 0 saturated heterocycles. The van der Waals surface area contributed by atoms with E-state index in [2.05, 4.69) is 57.9 Å². The van der Waals surface area contributed by atoms with Gasteiger partial charge in [0.15, 0.2) is 0 Å². The summed E-state index contributed by atoms with van der Waals surface area (Å²) in [6, 6.07) is 0. The average molecular weight is 410 g/mol. The zero-order valence-corrected chi connectivity index (χ0v) is 16.7. The van der Waals surface area contributed by atoms with Crippen LogP contribution < -0.4 is 0 Å². The number of halogens is 2. The van der Waals surface area contributed by atoms with Gasteiger partial charge in [0, 0.05) is 9.65 Å². The molecule has 0 heterocycles. The van der Waals surface area contributed by atoms with Crippen molar-refractivity contribution in [1.82, 2.24) is 0 Å². The summed E-state index contributed by atoms with van der Waals surface area (Å²) in [7, 11) is 0. The van der Waals surface area contributed by atoms with Gasteiger partial charge in [-0.05, 0) is 25.7 Å². The van der Waals surface area contributed by atoms with Crippen LogP contribution in [0.1, 0.15) is 90.9 Å². The quantitative estimate of drug-likeness (QED) is 0.156. The van der Waals surface area contributed by atoms with E-state index in [0.29, 0.717) is 9.65 Å². The lowest BCUT2D eigenvalue weighted by atomic mass is 10.1. The third-order valence-electron chi connectivity index (χ3n) is 3.73. The maximum Gasteiger partial charge on any atom is 0.0305 e. The maximum absolute atomic E-state index is 3.84. The largest absolute Gasteiger partial charge is 0.0885 e. The fourth-order valence-electron chi connectivity index (χ4n) is 2.30. The molecule has 2 unspecified atom stereocenters. The van der Waals surface area contributed by atoms with E-state index in [-0.39, 0.29) is 0 Å². The molecule has 0 radical (unpaired) electrons. The number of hydrogen-bond acceptors (Lipinski definition) is 0. The van der Waals surface area contributed by atoms with Gasteiger partial charge in [-0.3, -0.25) is 0 Å².